The fourth-order valence-electron chi connectivity index (χ4n) is 9.21. The van der Waals surface area contributed by atoms with Crippen LogP contribution in [0.2, 0.25) is 6.75 Å². The van der Waals surface area contributed by atoms with Gasteiger partial charge in [-0.1, -0.05) is 0 Å². The van der Waals surface area contributed by atoms with E-state index in [9.17, 15) is 2.74 Å². The summed E-state index contributed by atoms with van der Waals surface area (Å²) in [7, 11) is 0. The number of pyridine rings is 1. The van der Waals surface area contributed by atoms with Crippen molar-refractivity contribution in [3.8, 4) is 56.4 Å². The molecular formula is C61H61BN6OPt-2. The summed E-state index contributed by atoms with van der Waals surface area (Å²) in [5.41, 5.74) is 12.0. The third-order valence-electron chi connectivity index (χ3n) is 13.3. The van der Waals surface area contributed by atoms with Crippen molar-refractivity contribution in [2.75, 3.05) is 4.81 Å². The number of benzene rings is 6. The summed E-state index contributed by atoms with van der Waals surface area (Å²) in [5, 5.41) is 4.76. The molecule has 0 unspecified atom stereocenters. The van der Waals surface area contributed by atoms with Gasteiger partial charge in [0, 0.05) is 10.3 Å². The monoisotopic (exact) mass is 1110 g/mol. The van der Waals surface area contributed by atoms with Gasteiger partial charge in [0.15, 0.2) is 0 Å². The van der Waals surface area contributed by atoms with E-state index in [0.717, 1.165) is 61.2 Å². The summed E-state index contributed by atoms with van der Waals surface area (Å²) in [6.07, 6.45) is 1.67. The van der Waals surface area contributed by atoms with Gasteiger partial charge in [0.25, 0.3) is 0 Å². The zero-order valence-corrected chi connectivity index (χ0v) is 44.1. The van der Waals surface area contributed by atoms with E-state index in [1.807, 2.05) is 93.6 Å². The minimum absolute atomic E-state index is 0.103. The molecule has 1 aliphatic rings. The third kappa shape index (κ3) is 8.42. The summed E-state index contributed by atoms with van der Waals surface area (Å²) < 4.78 is 85.2. The summed E-state index contributed by atoms with van der Waals surface area (Å²) in [6, 6.07) is 37.2. The molecule has 356 valence electrons. The first-order valence-electron chi connectivity index (χ1n) is 27.6. The van der Waals surface area contributed by atoms with E-state index in [0.29, 0.717) is 49.4 Å². The Labute approximate surface area is 436 Å². The molecule has 0 bridgehead atoms. The molecule has 9 aromatic rings. The number of hydrogen-bond donors (Lipinski definition) is 0. The number of imidazole rings is 1. The van der Waals surface area contributed by atoms with E-state index < -0.39 is 37.3 Å². The molecule has 0 saturated carbocycles. The van der Waals surface area contributed by atoms with E-state index in [1.54, 1.807) is 15.6 Å². The number of aryl methyl sites for hydroxylation is 2. The molecule has 4 heterocycles. The molecule has 3 aromatic heterocycles. The molecule has 0 fully saturated rings. The Morgan fingerprint density at radius 3 is 1.93 bits per heavy atom. The van der Waals surface area contributed by atoms with Crippen LogP contribution in [-0.2, 0) is 35.6 Å². The Bertz CT molecular complexity index is 3930. The van der Waals surface area contributed by atoms with Gasteiger partial charge in [-0.2, -0.15) is 5.10 Å². The standard InChI is InChI=1S/C61H61BN6O.Pt/c1-39-28-29-63-56(30-39)67-55-37-49(26-27-50(55)57-40(2)41(3)64-68(57)62(67)13)69-48-23-19-22-47(36-48)65-38-66(54-25-18-17-24-53(54)65)58-51(42-20-15-14-16-21-42)34-46(61(10,11)12)35-52(58)43-31-44(59(4,5)6)33-45(32-43)60(7,8)9;/h14-35H,1-13H3;/q-2;/i13D3,14D,15D,16D,20D,21D;. The normalized spacial score (nSPS) is 14.8. The van der Waals surface area contributed by atoms with Gasteiger partial charge in [0.05, 0.1) is 5.69 Å². The summed E-state index contributed by atoms with van der Waals surface area (Å²) >= 11 is 2.33. The van der Waals surface area contributed by atoms with Crippen molar-refractivity contribution in [3.05, 3.63) is 183 Å². The van der Waals surface area contributed by atoms with Crippen LogP contribution in [0.25, 0.3) is 55.9 Å². The Morgan fingerprint density at radius 2 is 1.29 bits per heavy atom. The zero-order chi connectivity index (χ0) is 56.5. The van der Waals surface area contributed by atoms with Crippen molar-refractivity contribution in [2.24, 2.45) is 0 Å². The molecule has 6 aromatic carbocycles. The second kappa shape index (κ2) is 17.4. The average Bonchev–Trinajstić information content (AvgIpc) is 3.87. The number of fused-ring (bicyclic) bond motifs is 4. The Morgan fingerprint density at radius 1 is 0.657 bits per heavy atom. The number of anilines is 2. The molecule has 0 amide bonds. The molecule has 0 saturated heterocycles. The molecule has 0 N–H and O–H groups in total. The van der Waals surface area contributed by atoms with E-state index in [4.69, 9.17) is 18.1 Å². The van der Waals surface area contributed by atoms with E-state index in [-0.39, 0.29) is 28.5 Å². The van der Waals surface area contributed by atoms with Crippen molar-refractivity contribution >= 4 is 29.5 Å². The van der Waals surface area contributed by atoms with Gasteiger partial charge < -0.3 is 0 Å². The first-order valence-corrected chi connectivity index (χ1v) is 24.7. The Kier molecular flexibility index (Phi) is 9.53. The maximum atomic E-state index is 9.49. The van der Waals surface area contributed by atoms with Crippen LogP contribution in [0.1, 0.15) is 107 Å². The van der Waals surface area contributed by atoms with Crippen molar-refractivity contribution < 1.29 is 35.1 Å². The number of aromatic nitrogens is 5. The molecule has 7 nitrogen and oxygen atoms in total. The van der Waals surface area contributed by atoms with Gasteiger partial charge in [-0.15, -0.1) is 0 Å². The second-order valence-electron chi connectivity index (χ2n) is 21.4. The van der Waals surface area contributed by atoms with Crippen LogP contribution in [0.15, 0.2) is 133 Å². The molecule has 0 aliphatic carbocycles. The quantitative estimate of drug-likeness (QED) is 0.118. The van der Waals surface area contributed by atoms with Gasteiger partial charge in [0.2, 0.25) is 0 Å². The molecule has 70 heavy (non-hydrogen) atoms. The molecule has 9 heteroatoms. The number of rotatable bonds is 7. The molecular weight excluding hydrogens is 1040 g/mol. The first kappa shape index (κ1) is 38.3. The Hall–Kier alpha value is -6.50. The van der Waals surface area contributed by atoms with Crippen molar-refractivity contribution in [1.29, 1.82) is 0 Å². The molecule has 0 atom stereocenters. The van der Waals surface area contributed by atoms with Gasteiger partial charge in [-0.05, 0) is 32.4 Å². The Balaban J connectivity index is 1.21. The van der Waals surface area contributed by atoms with Crippen LogP contribution in [-0.4, -0.2) is 30.8 Å². The second-order valence-corrected chi connectivity index (χ2v) is 22.4. The fraction of sp³-hybridized carbons (Fsp3) is 0.262. The summed E-state index contributed by atoms with van der Waals surface area (Å²) in [4.78, 5) is 6.35. The van der Waals surface area contributed by atoms with Gasteiger partial charge in [-0.3, -0.25) is 0 Å². The van der Waals surface area contributed by atoms with Crippen LogP contribution < -0.4 is 9.55 Å². The van der Waals surface area contributed by atoms with Crippen molar-refractivity contribution in [1.82, 2.24) is 23.8 Å². The topological polar surface area (TPSA) is 53.0 Å². The average molecular weight is 1110 g/mol. The molecule has 10 rings (SSSR count). The predicted octanol–water partition coefficient (Wildman–Crippen LogP) is 15.4. The summed E-state index contributed by atoms with van der Waals surface area (Å²) in [6.45, 7) is 21.6. The number of ether oxygens (including phenoxy) is 1. The third-order valence-corrected chi connectivity index (χ3v) is 14.3. The SMILES string of the molecule is [2H]c1c([2H])c([2H])c(-c2cc(C(C)(C)C)cc(-c3cc(C(C)(C)C)cc(C(C)(C)C)c3)c2-n2[c](=[Pt])n(-c3[c-]c(Oc4[c-]c5c(cc4)-c4c(C)c(C)nn4B(C([2H])([2H])[2H])N5c4cc(C)ccn4)ccc3)c3ccccc32)c([2H])c1[2H]. The van der Waals surface area contributed by atoms with Crippen molar-refractivity contribution in [2.45, 2.75) is 106 Å². The van der Waals surface area contributed by atoms with Gasteiger partial charge in [0.1, 0.15) is 0 Å². The van der Waals surface area contributed by atoms with Crippen LogP contribution in [0.4, 0.5) is 11.5 Å². The number of nitrogens with zero attached hydrogens (tertiary/aromatic N) is 6. The molecule has 0 spiro atoms. The number of para-hydroxylation sites is 2. The fourth-order valence-corrected chi connectivity index (χ4v) is 10.3. The first-order chi connectivity index (χ1) is 36.4. The van der Waals surface area contributed by atoms with Gasteiger partial charge >= 0.3 is 385 Å². The minimum atomic E-state index is -2.53. The van der Waals surface area contributed by atoms with Crippen LogP contribution in [0, 0.1) is 36.7 Å². The zero-order valence-electron chi connectivity index (χ0n) is 49.8. The predicted molar refractivity (Wildman–Crippen MR) is 286 cm³/mol. The molecule has 1 aliphatic heterocycles. The molecule has 0 radical (unpaired) electrons. The van der Waals surface area contributed by atoms with Crippen LogP contribution in [0.3, 0.4) is 0 Å². The van der Waals surface area contributed by atoms with E-state index in [1.165, 1.54) is 0 Å². The van der Waals surface area contributed by atoms with Crippen LogP contribution >= 0.6 is 0 Å². The number of hydrogen-bond acceptors (Lipinski definition) is 4. The van der Waals surface area contributed by atoms with Crippen LogP contribution in [0.5, 0.6) is 11.5 Å². The van der Waals surface area contributed by atoms with Gasteiger partial charge in [-0.25, -0.2) is 0 Å². The van der Waals surface area contributed by atoms with E-state index >= 15 is 0 Å². The maximum absolute atomic E-state index is 9.49. The van der Waals surface area contributed by atoms with E-state index in [2.05, 4.69) is 132 Å². The van der Waals surface area contributed by atoms with Crippen molar-refractivity contribution in [3.63, 3.8) is 0 Å². The summed E-state index contributed by atoms with van der Waals surface area (Å²) in [5.74, 6) is 1.13.